The normalized spacial score (nSPS) is 11.8. The molecule has 0 heterocycles. The molecule has 258 valence electrons. The number of carboxylic acid groups (broad SMARTS) is 3. The lowest BCUT2D eigenvalue weighted by Crippen LogP contribution is -2.51. The van der Waals surface area contributed by atoms with Gasteiger partial charge in [-0.15, -0.1) is 0 Å². The van der Waals surface area contributed by atoms with E-state index in [9.17, 15) is 14.4 Å². The predicted molar refractivity (Wildman–Crippen MR) is 182 cm³/mol. The van der Waals surface area contributed by atoms with Gasteiger partial charge in [-0.05, 0) is 77.0 Å². The van der Waals surface area contributed by atoms with Crippen molar-refractivity contribution in [1.29, 1.82) is 0 Å². The molecule has 0 fully saturated rings. The molecule has 0 spiro atoms. The molecule has 44 heavy (non-hydrogen) atoms. The van der Waals surface area contributed by atoms with Crippen molar-refractivity contribution in [1.82, 2.24) is 0 Å². The molecule has 0 aromatic heterocycles. The van der Waals surface area contributed by atoms with Gasteiger partial charge in [0.15, 0.2) is 0 Å². The minimum Gasteiger partial charge on any atom is -0.481 e. The first-order valence-corrected chi connectivity index (χ1v) is 18.5. The summed E-state index contributed by atoms with van der Waals surface area (Å²) in [6, 6.07) is 0. The van der Waals surface area contributed by atoms with E-state index in [-0.39, 0.29) is 19.3 Å². The maximum atomic E-state index is 11.0. The van der Waals surface area contributed by atoms with E-state index in [4.69, 9.17) is 15.3 Å². The summed E-state index contributed by atoms with van der Waals surface area (Å²) in [5.74, 6) is -2.31. The molecule has 0 saturated heterocycles. The van der Waals surface area contributed by atoms with Crippen molar-refractivity contribution in [3.05, 3.63) is 12.2 Å². The molecule has 0 bridgehead atoms. The molecule has 7 heteroatoms. The number of hydrogen-bond acceptors (Lipinski definition) is 3. The Hall–Kier alpha value is -1.89. The fourth-order valence-electron chi connectivity index (χ4n) is 6.24. The molecule has 0 aromatic rings. The zero-order valence-corrected chi connectivity index (χ0v) is 28.6. The zero-order chi connectivity index (χ0) is 32.6. The molecular formula is C37H70NO6+. The van der Waals surface area contributed by atoms with Gasteiger partial charge in [0.1, 0.15) is 0 Å². The van der Waals surface area contributed by atoms with E-state index in [2.05, 4.69) is 19.1 Å². The molecule has 0 rings (SSSR count). The lowest BCUT2D eigenvalue weighted by Gasteiger charge is -2.39. The standard InChI is InChI=1S/C37H69NO6/c1-2-3-4-5-6-7-8-9-10-11-12-13-14-15-16-17-18-19-20-24-31-38(32-25-21-28-35(39)40,33-26-22-29-36(41)42)34-27-23-30-37(43)44/h15-16H,2-14,17-34H2,1H3,(H2-,39,40,41,42,43,44)/p+1/b16-15+. The van der Waals surface area contributed by atoms with Crippen LogP contribution < -0.4 is 0 Å². The molecule has 0 radical (unpaired) electrons. The quantitative estimate of drug-likeness (QED) is 0.0367. The van der Waals surface area contributed by atoms with Gasteiger partial charge < -0.3 is 19.8 Å². The predicted octanol–water partition coefficient (Wildman–Crippen LogP) is 10.2. The molecule has 0 unspecified atom stereocenters. The number of nitrogens with zero attached hydrogens (tertiary/aromatic N) is 1. The van der Waals surface area contributed by atoms with Crippen LogP contribution >= 0.6 is 0 Å². The number of hydrogen-bond donors (Lipinski definition) is 3. The average Bonchev–Trinajstić information content (AvgIpc) is 2.98. The summed E-state index contributed by atoms with van der Waals surface area (Å²) in [6.45, 7) is 5.93. The number of unbranched alkanes of at least 4 members (excludes halogenated alkanes) is 19. The summed E-state index contributed by atoms with van der Waals surface area (Å²) in [6.07, 6.45) is 33.3. The molecule has 7 nitrogen and oxygen atoms in total. The van der Waals surface area contributed by atoms with Gasteiger partial charge in [-0.25, -0.2) is 0 Å². The Kier molecular flexibility index (Phi) is 29.8. The van der Waals surface area contributed by atoms with Crippen LogP contribution in [0.5, 0.6) is 0 Å². The zero-order valence-electron chi connectivity index (χ0n) is 28.6. The van der Waals surface area contributed by atoms with Crippen LogP contribution in [0.15, 0.2) is 12.2 Å². The van der Waals surface area contributed by atoms with Crippen molar-refractivity contribution in [2.75, 3.05) is 26.2 Å². The van der Waals surface area contributed by atoms with E-state index in [1.165, 1.54) is 96.3 Å². The fourth-order valence-corrected chi connectivity index (χ4v) is 6.24. The third-order valence-corrected chi connectivity index (χ3v) is 8.96. The summed E-state index contributed by atoms with van der Waals surface area (Å²) in [7, 11) is 0. The summed E-state index contributed by atoms with van der Waals surface area (Å²) < 4.78 is 0.859. The highest BCUT2D eigenvalue weighted by molar-refractivity contribution is 5.67. The molecule has 0 aliphatic carbocycles. The molecular weight excluding hydrogens is 554 g/mol. The van der Waals surface area contributed by atoms with Crippen molar-refractivity contribution in [2.24, 2.45) is 0 Å². The van der Waals surface area contributed by atoms with Crippen LogP contribution in [-0.2, 0) is 14.4 Å². The first-order valence-electron chi connectivity index (χ1n) is 18.5. The lowest BCUT2D eigenvalue weighted by atomic mass is 10.0. The topological polar surface area (TPSA) is 112 Å². The molecule has 0 atom stereocenters. The Balaban J connectivity index is 4.28. The number of carboxylic acids is 3. The Morgan fingerprint density at radius 1 is 0.409 bits per heavy atom. The number of quaternary nitrogens is 1. The van der Waals surface area contributed by atoms with Crippen LogP contribution in [0.2, 0.25) is 0 Å². The van der Waals surface area contributed by atoms with Gasteiger partial charge in [0.05, 0.1) is 26.2 Å². The molecule has 0 aliphatic heterocycles. The second kappa shape index (κ2) is 31.1. The Morgan fingerprint density at radius 3 is 1.00 bits per heavy atom. The highest BCUT2D eigenvalue weighted by atomic mass is 16.4. The van der Waals surface area contributed by atoms with Gasteiger partial charge in [-0.2, -0.15) is 0 Å². The second-order valence-electron chi connectivity index (χ2n) is 13.1. The summed E-state index contributed by atoms with van der Waals surface area (Å²) in [5.41, 5.74) is 0. The summed E-state index contributed by atoms with van der Waals surface area (Å²) >= 11 is 0. The van der Waals surface area contributed by atoms with Crippen molar-refractivity contribution < 1.29 is 34.2 Å². The maximum Gasteiger partial charge on any atom is 0.303 e. The van der Waals surface area contributed by atoms with E-state index in [0.717, 1.165) is 69.2 Å². The van der Waals surface area contributed by atoms with Gasteiger partial charge in [0, 0.05) is 19.3 Å². The first kappa shape index (κ1) is 42.1. The number of allylic oxidation sites excluding steroid dienone is 2. The van der Waals surface area contributed by atoms with Crippen molar-refractivity contribution in [3.63, 3.8) is 0 Å². The minimum atomic E-state index is -0.769. The number of carbonyl (C=O) groups is 3. The van der Waals surface area contributed by atoms with Crippen molar-refractivity contribution in [2.45, 2.75) is 180 Å². The smallest absolute Gasteiger partial charge is 0.303 e. The average molecular weight is 625 g/mol. The monoisotopic (exact) mass is 625 g/mol. The van der Waals surface area contributed by atoms with Crippen molar-refractivity contribution >= 4 is 17.9 Å². The molecule has 0 saturated carbocycles. The SMILES string of the molecule is CCCCCCCCCCCCCC/C=C/CCCCCC[N+](CCCCC(=O)O)(CCCCC(=O)O)CCCCC(=O)O. The third-order valence-electron chi connectivity index (χ3n) is 8.96. The number of aliphatic carboxylic acids is 3. The summed E-state index contributed by atoms with van der Waals surface area (Å²) in [5, 5.41) is 27.2. The van der Waals surface area contributed by atoms with Crippen LogP contribution in [0, 0.1) is 0 Å². The van der Waals surface area contributed by atoms with Crippen LogP contribution in [-0.4, -0.2) is 63.9 Å². The fraction of sp³-hybridized carbons (Fsp3) is 0.865. The lowest BCUT2D eigenvalue weighted by molar-refractivity contribution is -0.929. The van der Waals surface area contributed by atoms with E-state index in [1.54, 1.807) is 0 Å². The Morgan fingerprint density at radius 2 is 0.682 bits per heavy atom. The van der Waals surface area contributed by atoms with Crippen LogP contribution in [0.3, 0.4) is 0 Å². The second-order valence-corrected chi connectivity index (χ2v) is 13.1. The molecule has 3 N–H and O–H groups in total. The van der Waals surface area contributed by atoms with E-state index in [1.807, 2.05) is 0 Å². The van der Waals surface area contributed by atoms with Gasteiger partial charge in [0.25, 0.3) is 0 Å². The Labute approximate surface area is 270 Å². The van der Waals surface area contributed by atoms with Gasteiger partial charge in [-0.1, -0.05) is 96.1 Å². The molecule has 0 amide bonds. The highest BCUT2D eigenvalue weighted by Crippen LogP contribution is 2.19. The maximum absolute atomic E-state index is 11.0. The van der Waals surface area contributed by atoms with Crippen LogP contribution in [0.1, 0.15) is 180 Å². The summed E-state index contributed by atoms with van der Waals surface area (Å²) in [4.78, 5) is 33.1. The highest BCUT2D eigenvalue weighted by Gasteiger charge is 2.26. The van der Waals surface area contributed by atoms with Gasteiger partial charge >= 0.3 is 17.9 Å². The van der Waals surface area contributed by atoms with Gasteiger partial charge in [0.2, 0.25) is 0 Å². The van der Waals surface area contributed by atoms with Crippen LogP contribution in [0.4, 0.5) is 0 Å². The largest absolute Gasteiger partial charge is 0.481 e. The van der Waals surface area contributed by atoms with E-state index < -0.39 is 17.9 Å². The Bertz CT molecular complexity index is 668. The number of rotatable bonds is 35. The third kappa shape index (κ3) is 30.1. The molecule has 0 aromatic carbocycles. The van der Waals surface area contributed by atoms with E-state index in [0.29, 0.717) is 19.3 Å². The van der Waals surface area contributed by atoms with Gasteiger partial charge in [-0.3, -0.25) is 14.4 Å². The van der Waals surface area contributed by atoms with E-state index >= 15 is 0 Å². The van der Waals surface area contributed by atoms with Crippen LogP contribution in [0.25, 0.3) is 0 Å². The first-order chi connectivity index (χ1) is 21.3. The minimum absolute atomic E-state index is 0.171. The molecule has 0 aliphatic rings. The van der Waals surface area contributed by atoms with Crippen molar-refractivity contribution in [3.8, 4) is 0 Å².